The number of aryl methyl sites for hydroxylation is 1. The molecule has 0 saturated carbocycles. The highest BCUT2D eigenvalue weighted by molar-refractivity contribution is 7.17. The molecule has 21 heavy (non-hydrogen) atoms. The molecular weight excluding hydrogens is 312 g/mol. The predicted octanol–water partition coefficient (Wildman–Crippen LogP) is 2.67. The molecule has 2 aromatic rings. The SMILES string of the molecule is COC(=O)CNC(=O)c1sc(-c2cccc(Cl)c2)nc1C. The summed E-state index contributed by atoms with van der Waals surface area (Å²) in [6, 6.07) is 7.26. The number of hydrogen-bond acceptors (Lipinski definition) is 5. The van der Waals surface area contributed by atoms with E-state index in [1.165, 1.54) is 18.4 Å². The molecule has 1 aromatic heterocycles. The number of aromatic nitrogens is 1. The Morgan fingerprint density at radius 3 is 2.86 bits per heavy atom. The minimum Gasteiger partial charge on any atom is -0.468 e. The maximum Gasteiger partial charge on any atom is 0.325 e. The van der Waals surface area contributed by atoms with Gasteiger partial charge in [0.25, 0.3) is 5.91 Å². The van der Waals surface area contributed by atoms with Crippen LogP contribution in [0.4, 0.5) is 0 Å². The predicted molar refractivity (Wildman–Crippen MR) is 81.6 cm³/mol. The van der Waals surface area contributed by atoms with E-state index in [0.717, 1.165) is 5.56 Å². The van der Waals surface area contributed by atoms with E-state index in [1.807, 2.05) is 12.1 Å². The number of halogens is 1. The molecule has 0 spiro atoms. The number of nitrogens with one attached hydrogen (secondary N) is 1. The fourth-order valence-corrected chi connectivity index (χ4v) is 2.83. The Labute approximate surface area is 130 Å². The largest absolute Gasteiger partial charge is 0.468 e. The summed E-state index contributed by atoms with van der Waals surface area (Å²) < 4.78 is 4.47. The third-order valence-electron chi connectivity index (χ3n) is 2.70. The molecule has 0 atom stereocenters. The molecule has 0 unspecified atom stereocenters. The zero-order chi connectivity index (χ0) is 15.4. The van der Waals surface area contributed by atoms with Crippen LogP contribution in [-0.4, -0.2) is 30.5 Å². The molecule has 0 aliphatic carbocycles. The van der Waals surface area contributed by atoms with Gasteiger partial charge >= 0.3 is 5.97 Å². The quantitative estimate of drug-likeness (QED) is 0.878. The molecule has 1 amide bonds. The van der Waals surface area contributed by atoms with E-state index in [4.69, 9.17) is 11.6 Å². The Hall–Kier alpha value is -1.92. The third-order valence-corrected chi connectivity index (χ3v) is 4.14. The Morgan fingerprint density at radius 2 is 2.19 bits per heavy atom. The zero-order valence-electron chi connectivity index (χ0n) is 11.5. The smallest absolute Gasteiger partial charge is 0.325 e. The number of methoxy groups -OCH3 is 1. The first-order valence-electron chi connectivity index (χ1n) is 6.09. The van der Waals surface area contributed by atoms with Gasteiger partial charge in [-0.2, -0.15) is 0 Å². The van der Waals surface area contributed by atoms with Crippen LogP contribution in [0.5, 0.6) is 0 Å². The molecule has 0 saturated heterocycles. The van der Waals surface area contributed by atoms with E-state index in [1.54, 1.807) is 19.1 Å². The van der Waals surface area contributed by atoms with Crippen molar-refractivity contribution in [1.82, 2.24) is 10.3 Å². The lowest BCUT2D eigenvalue weighted by Crippen LogP contribution is -2.29. The summed E-state index contributed by atoms with van der Waals surface area (Å²) in [5, 5.41) is 3.81. The minimum atomic E-state index is -0.499. The number of benzene rings is 1. The van der Waals surface area contributed by atoms with Crippen molar-refractivity contribution in [3.05, 3.63) is 39.9 Å². The molecule has 5 nitrogen and oxygen atoms in total. The van der Waals surface area contributed by atoms with Gasteiger partial charge in [-0.15, -0.1) is 11.3 Å². The second-order valence-corrected chi connectivity index (χ2v) is 5.64. The third kappa shape index (κ3) is 3.80. The molecule has 110 valence electrons. The van der Waals surface area contributed by atoms with Gasteiger partial charge in [0, 0.05) is 10.6 Å². The minimum absolute atomic E-state index is 0.167. The fraction of sp³-hybridized carbons (Fsp3) is 0.214. The maximum absolute atomic E-state index is 12.0. The van der Waals surface area contributed by atoms with Crippen LogP contribution < -0.4 is 5.32 Å². The van der Waals surface area contributed by atoms with Crippen LogP contribution in [0, 0.1) is 6.92 Å². The summed E-state index contributed by atoms with van der Waals surface area (Å²) in [7, 11) is 1.27. The highest BCUT2D eigenvalue weighted by Crippen LogP contribution is 2.29. The number of carbonyl (C=O) groups is 2. The van der Waals surface area contributed by atoms with Crippen molar-refractivity contribution in [1.29, 1.82) is 0 Å². The Morgan fingerprint density at radius 1 is 1.43 bits per heavy atom. The first-order valence-corrected chi connectivity index (χ1v) is 7.29. The van der Waals surface area contributed by atoms with Gasteiger partial charge in [-0.3, -0.25) is 9.59 Å². The molecule has 1 heterocycles. The number of ether oxygens (including phenoxy) is 1. The second-order valence-electron chi connectivity index (χ2n) is 4.20. The Kier molecular flexibility index (Phi) is 4.93. The summed E-state index contributed by atoms with van der Waals surface area (Å²) in [6.07, 6.45) is 0. The number of carbonyl (C=O) groups excluding carboxylic acids is 2. The lowest BCUT2D eigenvalue weighted by molar-refractivity contribution is -0.139. The lowest BCUT2D eigenvalue weighted by atomic mass is 10.2. The average molecular weight is 325 g/mol. The number of amides is 1. The number of hydrogen-bond donors (Lipinski definition) is 1. The zero-order valence-corrected chi connectivity index (χ0v) is 13.0. The molecule has 0 radical (unpaired) electrons. The van der Waals surface area contributed by atoms with E-state index in [2.05, 4.69) is 15.0 Å². The number of rotatable bonds is 4. The van der Waals surface area contributed by atoms with Crippen molar-refractivity contribution in [2.24, 2.45) is 0 Å². The van der Waals surface area contributed by atoms with Crippen LogP contribution in [-0.2, 0) is 9.53 Å². The van der Waals surface area contributed by atoms with E-state index in [-0.39, 0.29) is 12.5 Å². The molecule has 2 rings (SSSR count). The lowest BCUT2D eigenvalue weighted by Gasteiger charge is -2.01. The molecule has 7 heteroatoms. The number of esters is 1. The Bertz CT molecular complexity index is 685. The highest BCUT2D eigenvalue weighted by Gasteiger charge is 2.17. The van der Waals surface area contributed by atoms with Gasteiger partial charge < -0.3 is 10.1 Å². The highest BCUT2D eigenvalue weighted by atomic mass is 35.5. The topological polar surface area (TPSA) is 68.3 Å². The maximum atomic E-state index is 12.0. The van der Waals surface area contributed by atoms with Crippen molar-refractivity contribution in [2.75, 3.05) is 13.7 Å². The van der Waals surface area contributed by atoms with Crippen LogP contribution in [0.25, 0.3) is 10.6 Å². The standard InChI is InChI=1S/C14H13ClN2O3S/c1-8-12(13(19)16-7-11(18)20-2)21-14(17-8)9-4-3-5-10(15)6-9/h3-6H,7H2,1-2H3,(H,16,19). The van der Waals surface area contributed by atoms with E-state index in [0.29, 0.717) is 20.6 Å². The van der Waals surface area contributed by atoms with Crippen LogP contribution in [0.1, 0.15) is 15.4 Å². The molecule has 0 fully saturated rings. The summed E-state index contributed by atoms with van der Waals surface area (Å²) >= 11 is 7.21. The van der Waals surface area contributed by atoms with Gasteiger partial charge in [0.15, 0.2) is 0 Å². The van der Waals surface area contributed by atoms with Crippen molar-refractivity contribution < 1.29 is 14.3 Å². The number of nitrogens with zero attached hydrogens (tertiary/aromatic N) is 1. The normalized spacial score (nSPS) is 10.2. The first-order chi connectivity index (χ1) is 10.0. The van der Waals surface area contributed by atoms with Crippen molar-refractivity contribution >= 4 is 34.8 Å². The monoisotopic (exact) mass is 324 g/mol. The summed E-state index contributed by atoms with van der Waals surface area (Å²) in [5.41, 5.74) is 1.46. The van der Waals surface area contributed by atoms with Crippen molar-refractivity contribution in [3.8, 4) is 10.6 Å². The van der Waals surface area contributed by atoms with Gasteiger partial charge in [0.2, 0.25) is 0 Å². The van der Waals surface area contributed by atoms with Gasteiger partial charge in [-0.1, -0.05) is 23.7 Å². The van der Waals surface area contributed by atoms with Crippen LogP contribution in [0.15, 0.2) is 24.3 Å². The average Bonchev–Trinajstić information content (AvgIpc) is 2.86. The van der Waals surface area contributed by atoms with Gasteiger partial charge in [-0.25, -0.2) is 4.98 Å². The van der Waals surface area contributed by atoms with Gasteiger partial charge in [0.1, 0.15) is 16.4 Å². The molecule has 1 N–H and O–H groups in total. The summed E-state index contributed by atoms with van der Waals surface area (Å²) in [4.78, 5) is 27.9. The van der Waals surface area contributed by atoms with Crippen LogP contribution in [0.3, 0.4) is 0 Å². The van der Waals surface area contributed by atoms with E-state index < -0.39 is 5.97 Å². The van der Waals surface area contributed by atoms with E-state index >= 15 is 0 Å². The Balaban J connectivity index is 2.19. The van der Waals surface area contributed by atoms with Crippen molar-refractivity contribution in [2.45, 2.75) is 6.92 Å². The van der Waals surface area contributed by atoms with Crippen molar-refractivity contribution in [3.63, 3.8) is 0 Å². The molecule has 0 bridgehead atoms. The number of thiazole rings is 1. The first kappa shape index (κ1) is 15.5. The molecule has 0 aliphatic heterocycles. The van der Waals surface area contributed by atoms with E-state index in [9.17, 15) is 9.59 Å². The second kappa shape index (κ2) is 6.69. The molecular formula is C14H13ClN2O3S. The van der Waals surface area contributed by atoms with Crippen LogP contribution in [0.2, 0.25) is 5.02 Å². The fourth-order valence-electron chi connectivity index (χ4n) is 1.66. The molecule has 1 aromatic carbocycles. The van der Waals surface area contributed by atoms with Gasteiger partial charge in [-0.05, 0) is 19.1 Å². The summed E-state index contributed by atoms with van der Waals surface area (Å²) in [5.74, 6) is -0.843. The summed E-state index contributed by atoms with van der Waals surface area (Å²) in [6.45, 7) is 1.58. The van der Waals surface area contributed by atoms with Crippen LogP contribution >= 0.6 is 22.9 Å². The molecule has 0 aliphatic rings. The van der Waals surface area contributed by atoms with Gasteiger partial charge in [0.05, 0.1) is 12.8 Å².